The lowest BCUT2D eigenvalue weighted by Gasteiger charge is -2.09. The van der Waals surface area contributed by atoms with Crippen LogP contribution in [-0.4, -0.2) is 13.1 Å². The van der Waals surface area contributed by atoms with Gasteiger partial charge in [-0.1, -0.05) is 71.6 Å². The van der Waals surface area contributed by atoms with Gasteiger partial charge in [-0.15, -0.1) is 0 Å². The number of hydrogen-bond acceptors (Lipinski definition) is 2. The summed E-state index contributed by atoms with van der Waals surface area (Å²) in [5.41, 5.74) is 0. The number of unbranched alkanes of at least 4 members (excludes halogenated alkanes) is 7. The largest absolute Gasteiger partial charge is 0.469 e. The fraction of sp³-hybridized carbons (Fsp3) is 0.933. The van der Waals surface area contributed by atoms with Gasteiger partial charge in [0.2, 0.25) is 0 Å². The van der Waals surface area contributed by atoms with E-state index in [1.165, 1.54) is 58.5 Å². The Kier molecular flexibility index (Phi) is 11.6. The zero-order valence-electron chi connectivity index (χ0n) is 12.0. The number of rotatable bonds is 11. The first-order valence-corrected chi connectivity index (χ1v) is 7.27. The highest BCUT2D eigenvalue weighted by atomic mass is 16.5. The van der Waals surface area contributed by atoms with Gasteiger partial charge in [0.1, 0.15) is 0 Å². The second-order valence-electron chi connectivity index (χ2n) is 5.15. The van der Waals surface area contributed by atoms with E-state index < -0.39 is 0 Å². The van der Waals surface area contributed by atoms with E-state index in [-0.39, 0.29) is 5.97 Å². The zero-order chi connectivity index (χ0) is 12.9. The highest BCUT2D eigenvalue weighted by Gasteiger charge is 2.08. The van der Waals surface area contributed by atoms with Gasteiger partial charge >= 0.3 is 5.97 Å². The molecule has 0 amide bonds. The molecule has 1 atom stereocenters. The van der Waals surface area contributed by atoms with Gasteiger partial charge in [-0.05, 0) is 5.92 Å². The molecule has 0 saturated heterocycles. The summed E-state index contributed by atoms with van der Waals surface area (Å²) >= 11 is 0. The van der Waals surface area contributed by atoms with Crippen LogP contribution in [0.5, 0.6) is 0 Å². The predicted molar refractivity (Wildman–Crippen MR) is 73.0 cm³/mol. The highest BCUT2D eigenvalue weighted by Crippen LogP contribution is 2.15. The maximum Gasteiger partial charge on any atom is 0.305 e. The minimum atomic E-state index is -0.0722. The molecule has 0 aliphatic rings. The van der Waals surface area contributed by atoms with Crippen LogP contribution in [-0.2, 0) is 9.53 Å². The molecule has 0 aromatic rings. The van der Waals surface area contributed by atoms with Gasteiger partial charge in [0.25, 0.3) is 0 Å². The SMILES string of the molecule is CCCCCCCCCC[C@H](C)CC(=O)OC. The molecule has 0 aliphatic heterocycles. The Labute approximate surface area is 107 Å². The number of carbonyl (C=O) groups is 1. The van der Waals surface area contributed by atoms with Crippen molar-refractivity contribution in [1.82, 2.24) is 0 Å². The molecule has 0 radical (unpaired) electrons. The van der Waals surface area contributed by atoms with Gasteiger partial charge in [-0.25, -0.2) is 0 Å². The fourth-order valence-corrected chi connectivity index (χ4v) is 2.10. The maximum atomic E-state index is 11.0. The van der Waals surface area contributed by atoms with Crippen LogP contribution in [0.2, 0.25) is 0 Å². The summed E-state index contributed by atoms with van der Waals surface area (Å²) in [6.07, 6.45) is 12.5. The zero-order valence-corrected chi connectivity index (χ0v) is 12.0. The van der Waals surface area contributed by atoms with Crippen molar-refractivity contribution < 1.29 is 9.53 Å². The average Bonchev–Trinajstić information content (AvgIpc) is 2.32. The number of esters is 1. The number of ether oxygens (including phenoxy) is 1. The summed E-state index contributed by atoms with van der Waals surface area (Å²) in [7, 11) is 1.46. The molecule has 2 nitrogen and oxygen atoms in total. The topological polar surface area (TPSA) is 26.3 Å². The van der Waals surface area contributed by atoms with Crippen molar-refractivity contribution in [3.63, 3.8) is 0 Å². The van der Waals surface area contributed by atoms with Crippen molar-refractivity contribution in [2.45, 2.75) is 78.1 Å². The second kappa shape index (κ2) is 11.9. The Balaban J connectivity index is 3.19. The number of hydrogen-bond donors (Lipinski definition) is 0. The summed E-state index contributed by atoms with van der Waals surface area (Å²) in [5.74, 6) is 0.402. The van der Waals surface area contributed by atoms with Crippen LogP contribution in [0.15, 0.2) is 0 Å². The normalized spacial score (nSPS) is 12.4. The molecule has 0 aromatic heterocycles. The third-order valence-electron chi connectivity index (χ3n) is 3.29. The molecule has 0 rings (SSSR count). The fourth-order valence-electron chi connectivity index (χ4n) is 2.10. The molecular weight excluding hydrogens is 212 g/mol. The standard InChI is InChI=1S/C15H30O2/c1-4-5-6-7-8-9-10-11-12-14(2)13-15(16)17-3/h14H,4-13H2,1-3H3/t14-/m0/s1. The van der Waals surface area contributed by atoms with Crippen LogP contribution in [0.1, 0.15) is 78.1 Å². The third-order valence-corrected chi connectivity index (χ3v) is 3.29. The Morgan fingerprint density at radius 3 is 2.06 bits per heavy atom. The average molecular weight is 242 g/mol. The predicted octanol–water partition coefficient (Wildman–Crippen LogP) is 4.72. The molecule has 0 fully saturated rings. The molecular formula is C15H30O2. The Bertz CT molecular complexity index is 178. The van der Waals surface area contributed by atoms with Gasteiger partial charge in [-0.3, -0.25) is 4.79 Å². The van der Waals surface area contributed by atoms with E-state index in [4.69, 9.17) is 0 Å². The van der Waals surface area contributed by atoms with Gasteiger partial charge in [-0.2, -0.15) is 0 Å². The van der Waals surface area contributed by atoms with Crippen molar-refractivity contribution in [1.29, 1.82) is 0 Å². The summed E-state index contributed by atoms with van der Waals surface area (Å²) in [6, 6.07) is 0. The summed E-state index contributed by atoms with van der Waals surface area (Å²) < 4.78 is 4.66. The summed E-state index contributed by atoms with van der Waals surface area (Å²) in [5, 5.41) is 0. The van der Waals surface area contributed by atoms with Crippen molar-refractivity contribution in [2.24, 2.45) is 5.92 Å². The van der Waals surface area contributed by atoms with Crippen LogP contribution in [0, 0.1) is 5.92 Å². The van der Waals surface area contributed by atoms with Crippen LogP contribution in [0.4, 0.5) is 0 Å². The van der Waals surface area contributed by atoms with Crippen molar-refractivity contribution in [3.8, 4) is 0 Å². The number of methoxy groups -OCH3 is 1. The van der Waals surface area contributed by atoms with E-state index in [0.717, 1.165) is 6.42 Å². The summed E-state index contributed by atoms with van der Waals surface area (Å²) in [6.45, 7) is 4.39. The molecule has 0 bridgehead atoms. The lowest BCUT2D eigenvalue weighted by atomic mass is 9.99. The van der Waals surface area contributed by atoms with Crippen molar-refractivity contribution in [2.75, 3.05) is 7.11 Å². The van der Waals surface area contributed by atoms with E-state index in [2.05, 4.69) is 18.6 Å². The quantitative estimate of drug-likeness (QED) is 0.387. The van der Waals surface area contributed by atoms with Gasteiger partial charge in [0, 0.05) is 6.42 Å². The third kappa shape index (κ3) is 11.7. The van der Waals surface area contributed by atoms with E-state index in [0.29, 0.717) is 12.3 Å². The Morgan fingerprint density at radius 2 is 1.53 bits per heavy atom. The molecule has 17 heavy (non-hydrogen) atoms. The van der Waals surface area contributed by atoms with E-state index >= 15 is 0 Å². The van der Waals surface area contributed by atoms with Crippen LogP contribution < -0.4 is 0 Å². The first kappa shape index (κ1) is 16.5. The number of carbonyl (C=O) groups excluding carboxylic acids is 1. The van der Waals surface area contributed by atoms with E-state index in [9.17, 15) is 4.79 Å². The molecule has 2 heteroatoms. The minimum Gasteiger partial charge on any atom is -0.469 e. The van der Waals surface area contributed by atoms with E-state index in [1.807, 2.05) is 0 Å². The van der Waals surface area contributed by atoms with Crippen LogP contribution >= 0.6 is 0 Å². The lowest BCUT2D eigenvalue weighted by molar-refractivity contribution is -0.141. The first-order chi connectivity index (χ1) is 8.20. The molecule has 0 unspecified atom stereocenters. The van der Waals surface area contributed by atoms with Crippen molar-refractivity contribution >= 4 is 5.97 Å². The molecule has 0 N–H and O–H groups in total. The second-order valence-corrected chi connectivity index (χ2v) is 5.15. The van der Waals surface area contributed by atoms with Gasteiger partial charge in [0.05, 0.1) is 7.11 Å². The van der Waals surface area contributed by atoms with E-state index in [1.54, 1.807) is 0 Å². The molecule has 0 spiro atoms. The minimum absolute atomic E-state index is 0.0722. The lowest BCUT2D eigenvalue weighted by Crippen LogP contribution is -2.06. The van der Waals surface area contributed by atoms with Crippen molar-refractivity contribution in [3.05, 3.63) is 0 Å². The monoisotopic (exact) mass is 242 g/mol. The molecule has 0 heterocycles. The highest BCUT2D eigenvalue weighted by molar-refractivity contribution is 5.69. The van der Waals surface area contributed by atoms with Gasteiger partial charge in [0.15, 0.2) is 0 Å². The molecule has 0 aromatic carbocycles. The summed E-state index contributed by atoms with van der Waals surface area (Å²) in [4.78, 5) is 11.0. The molecule has 0 saturated carbocycles. The Morgan fingerprint density at radius 1 is 1.00 bits per heavy atom. The van der Waals surface area contributed by atoms with Crippen LogP contribution in [0.3, 0.4) is 0 Å². The molecule has 102 valence electrons. The maximum absolute atomic E-state index is 11.0. The Hall–Kier alpha value is -0.530. The van der Waals surface area contributed by atoms with Crippen LogP contribution in [0.25, 0.3) is 0 Å². The molecule has 0 aliphatic carbocycles. The van der Waals surface area contributed by atoms with Gasteiger partial charge < -0.3 is 4.74 Å². The first-order valence-electron chi connectivity index (χ1n) is 7.27. The smallest absolute Gasteiger partial charge is 0.305 e.